The van der Waals surface area contributed by atoms with Gasteiger partial charge in [-0.1, -0.05) is 0 Å². The van der Waals surface area contributed by atoms with E-state index in [1.165, 1.54) is 36.5 Å². The highest BCUT2D eigenvalue weighted by atomic mass is 19.1. The summed E-state index contributed by atoms with van der Waals surface area (Å²) in [4.78, 5) is 11.7. The summed E-state index contributed by atoms with van der Waals surface area (Å²) < 4.78 is 18.0. The SMILES string of the molecule is CCOc1ccc(/C=N\NC(=O)c2ccc(F)cc2)c(O)c1. The number of hydrogen-bond donors (Lipinski definition) is 2. The molecule has 0 unspecified atom stereocenters. The minimum atomic E-state index is -0.471. The normalized spacial score (nSPS) is 10.6. The van der Waals surface area contributed by atoms with E-state index in [9.17, 15) is 14.3 Å². The zero-order valence-corrected chi connectivity index (χ0v) is 11.9. The molecule has 0 aliphatic carbocycles. The maximum Gasteiger partial charge on any atom is 0.271 e. The number of hydrogen-bond acceptors (Lipinski definition) is 4. The monoisotopic (exact) mass is 302 g/mol. The van der Waals surface area contributed by atoms with Crippen LogP contribution in [0.5, 0.6) is 11.5 Å². The number of phenolic OH excluding ortho intramolecular Hbond substituents is 1. The molecule has 0 saturated carbocycles. The zero-order chi connectivity index (χ0) is 15.9. The van der Waals surface area contributed by atoms with Gasteiger partial charge in [-0.2, -0.15) is 5.10 Å². The lowest BCUT2D eigenvalue weighted by atomic mass is 10.2. The van der Waals surface area contributed by atoms with Crippen LogP contribution in [0.1, 0.15) is 22.8 Å². The number of carbonyl (C=O) groups is 1. The van der Waals surface area contributed by atoms with E-state index in [0.717, 1.165) is 0 Å². The van der Waals surface area contributed by atoms with E-state index in [4.69, 9.17) is 4.74 Å². The van der Waals surface area contributed by atoms with Gasteiger partial charge in [0.15, 0.2) is 0 Å². The van der Waals surface area contributed by atoms with Crippen LogP contribution in [0.3, 0.4) is 0 Å². The number of ether oxygens (including phenoxy) is 1. The molecule has 1 amide bonds. The third kappa shape index (κ3) is 4.05. The van der Waals surface area contributed by atoms with Crippen molar-refractivity contribution in [1.82, 2.24) is 5.43 Å². The van der Waals surface area contributed by atoms with Gasteiger partial charge in [0, 0.05) is 17.2 Å². The van der Waals surface area contributed by atoms with E-state index >= 15 is 0 Å². The first-order valence-corrected chi connectivity index (χ1v) is 6.65. The Morgan fingerprint density at radius 1 is 1.32 bits per heavy atom. The van der Waals surface area contributed by atoms with Crippen LogP contribution in [0.25, 0.3) is 0 Å². The van der Waals surface area contributed by atoms with Gasteiger partial charge in [0.1, 0.15) is 17.3 Å². The third-order valence-electron chi connectivity index (χ3n) is 2.79. The van der Waals surface area contributed by atoms with Crippen LogP contribution in [0, 0.1) is 5.82 Å². The molecule has 0 aliphatic heterocycles. The van der Waals surface area contributed by atoms with E-state index in [0.29, 0.717) is 17.9 Å². The lowest BCUT2D eigenvalue weighted by Gasteiger charge is -2.05. The summed E-state index contributed by atoms with van der Waals surface area (Å²) in [7, 11) is 0. The van der Waals surface area contributed by atoms with Gasteiger partial charge in [0.2, 0.25) is 0 Å². The molecule has 2 aromatic rings. The van der Waals surface area contributed by atoms with Gasteiger partial charge in [-0.15, -0.1) is 0 Å². The van der Waals surface area contributed by atoms with Crippen LogP contribution < -0.4 is 10.2 Å². The molecule has 6 heteroatoms. The highest BCUT2D eigenvalue weighted by Gasteiger charge is 2.04. The average Bonchev–Trinajstić information content (AvgIpc) is 2.50. The van der Waals surface area contributed by atoms with E-state index < -0.39 is 11.7 Å². The largest absolute Gasteiger partial charge is 0.507 e. The Kier molecular flexibility index (Phi) is 5.08. The fraction of sp³-hybridized carbons (Fsp3) is 0.125. The molecule has 5 nitrogen and oxygen atoms in total. The molecular weight excluding hydrogens is 287 g/mol. The van der Waals surface area contributed by atoms with E-state index in [1.54, 1.807) is 12.1 Å². The Labute approximate surface area is 127 Å². The lowest BCUT2D eigenvalue weighted by Crippen LogP contribution is -2.17. The first-order chi connectivity index (χ1) is 10.6. The highest BCUT2D eigenvalue weighted by molar-refractivity contribution is 5.95. The van der Waals surface area contributed by atoms with Crippen LogP contribution in [0.2, 0.25) is 0 Å². The number of hydrazone groups is 1. The number of nitrogens with one attached hydrogen (secondary N) is 1. The summed E-state index contributed by atoms with van der Waals surface area (Å²) in [6, 6.07) is 9.86. The molecule has 22 heavy (non-hydrogen) atoms. The highest BCUT2D eigenvalue weighted by Crippen LogP contribution is 2.22. The van der Waals surface area contributed by atoms with Crippen molar-refractivity contribution < 1.29 is 19.0 Å². The second kappa shape index (κ2) is 7.21. The Morgan fingerprint density at radius 2 is 2.05 bits per heavy atom. The number of amides is 1. The molecule has 0 bridgehead atoms. The molecule has 0 radical (unpaired) electrons. The van der Waals surface area contributed by atoms with Crippen molar-refractivity contribution in [3.05, 3.63) is 59.4 Å². The topological polar surface area (TPSA) is 70.9 Å². The van der Waals surface area contributed by atoms with Crippen LogP contribution >= 0.6 is 0 Å². The Bertz CT molecular complexity index is 684. The molecule has 0 heterocycles. The summed E-state index contributed by atoms with van der Waals surface area (Å²) in [6.45, 7) is 2.35. The molecule has 0 aromatic heterocycles. The summed E-state index contributed by atoms with van der Waals surface area (Å²) in [5.41, 5.74) is 3.02. The molecule has 2 aromatic carbocycles. The van der Waals surface area contributed by atoms with Crippen LogP contribution in [-0.2, 0) is 0 Å². The second-order valence-corrected chi connectivity index (χ2v) is 4.36. The fourth-order valence-electron chi connectivity index (χ4n) is 1.72. The molecular formula is C16H15FN2O3. The molecule has 2 rings (SSSR count). The number of phenols is 1. The van der Waals surface area contributed by atoms with Crippen molar-refractivity contribution in [3.8, 4) is 11.5 Å². The quantitative estimate of drug-likeness (QED) is 0.659. The zero-order valence-electron chi connectivity index (χ0n) is 11.9. The number of benzene rings is 2. The van der Waals surface area contributed by atoms with Gasteiger partial charge in [-0.25, -0.2) is 9.82 Å². The standard InChI is InChI=1S/C16H15FN2O3/c1-2-22-14-8-5-12(15(20)9-14)10-18-19-16(21)11-3-6-13(17)7-4-11/h3-10,20H,2H2,1H3,(H,19,21)/b18-10-. The molecule has 0 fully saturated rings. The van der Waals surface area contributed by atoms with Crippen molar-refractivity contribution in [2.24, 2.45) is 5.10 Å². The van der Waals surface area contributed by atoms with Gasteiger partial charge < -0.3 is 9.84 Å². The minimum Gasteiger partial charge on any atom is -0.507 e. The first kappa shape index (κ1) is 15.5. The fourth-order valence-corrected chi connectivity index (χ4v) is 1.72. The molecule has 114 valence electrons. The van der Waals surface area contributed by atoms with Crippen molar-refractivity contribution in [2.75, 3.05) is 6.61 Å². The maximum absolute atomic E-state index is 12.8. The van der Waals surface area contributed by atoms with Gasteiger partial charge in [-0.05, 0) is 43.3 Å². The van der Waals surface area contributed by atoms with Gasteiger partial charge >= 0.3 is 0 Å². The first-order valence-electron chi connectivity index (χ1n) is 6.65. The lowest BCUT2D eigenvalue weighted by molar-refractivity contribution is 0.0955. The van der Waals surface area contributed by atoms with Gasteiger partial charge in [0.25, 0.3) is 5.91 Å². The molecule has 0 saturated heterocycles. The number of carbonyl (C=O) groups excluding carboxylic acids is 1. The van der Waals surface area contributed by atoms with Crippen molar-refractivity contribution in [3.63, 3.8) is 0 Å². The van der Waals surface area contributed by atoms with E-state index in [2.05, 4.69) is 10.5 Å². The Morgan fingerprint density at radius 3 is 2.68 bits per heavy atom. The van der Waals surface area contributed by atoms with Crippen molar-refractivity contribution in [2.45, 2.75) is 6.92 Å². The summed E-state index contributed by atoms with van der Waals surface area (Å²) in [5, 5.41) is 13.6. The summed E-state index contributed by atoms with van der Waals surface area (Å²) >= 11 is 0. The number of rotatable bonds is 5. The molecule has 2 N–H and O–H groups in total. The van der Waals surface area contributed by atoms with Crippen LogP contribution in [0.4, 0.5) is 4.39 Å². The van der Waals surface area contributed by atoms with E-state index in [1.807, 2.05) is 6.92 Å². The number of halogens is 1. The van der Waals surface area contributed by atoms with Gasteiger partial charge in [-0.3, -0.25) is 4.79 Å². The average molecular weight is 302 g/mol. The molecule has 0 aliphatic rings. The maximum atomic E-state index is 12.8. The predicted octanol–water partition coefficient (Wildman–Crippen LogP) is 2.69. The number of aromatic hydroxyl groups is 1. The summed E-state index contributed by atoms with van der Waals surface area (Å²) in [6.07, 6.45) is 1.31. The van der Waals surface area contributed by atoms with Crippen molar-refractivity contribution >= 4 is 12.1 Å². The predicted molar refractivity (Wildman–Crippen MR) is 80.7 cm³/mol. The van der Waals surface area contributed by atoms with E-state index in [-0.39, 0.29) is 11.3 Å². The van der Waals surface area contributed by atoms with Gasteiger partial charge in [0.05, 0.1) is 12.8 Å². The van der Waals surface area contributed by atoms with Crippen LogP contribution in [0.15, 0.2) is 47.6 Å². The smallest absolute Gasteiger partial charge is 0.271 e. The van der Waals surface area contributed by atoms with Crippen LogP contribution in [-0.4, -0.2) is 23.8 Å². The third-order valence-corrected chi connectivity index (χ3v) is 2.79. The van der Waals surface area contributed by atoms with Crippen molar-refractivity contribution in [1.29, 1.82) is 0 Å². The second-order valence-electron chi connectivity index (χ2n) is 4.36. The summed E-state index contributed by atoms with van der Waals surface area (Å²) in [5.74, 6) is -0.348. The minimum absolute atomic E-state index is 0.00858. The molecule has 0 atom stereocenters. The molecule has 0 spiro atoms. The number of nitrogens with zero attached hydrogens (tertiary/aromatic N) is 1. The Balaban J connectivity index is 2.00. The Hall–Kier alpha value is -2.89.